The molecule has 5 nitrogen and oxygen atoms in total. The lowest BCUT2D eigenvalue weighted by molar-refractivity contribution is 0.0944. The van der Waals surface area contributed by atoms with E-state index in [1.807, 2.05) is 19.1 Å². The van der Waals surface area contributed by atoms with Gasteiger partial charge in [-0.05, 0) is 31.0 Å². The fourth-order valence-corrected chi connectivity index (χ4v) is 1.78. The van der Waals surface area contributed by atoms with Gasteiger partial charge in [-0.2, -0.15) is 5.10 Å². The summed E-state index contributed by atoms with van der Waals surface area (Å²) in [7, 11) is 1.77. The van der Waals surface area contributed by atoms with Crippen LogP contribution in [0.2, 0.25) is 0 Å². The Bertz CT molecular complexity index is 533. The summed E-state index contributed by atoms with van der Waals surface area (Å²) in [6, 6.07) is 5.66. The van der Waals surface area contributed by atoms with E-state index in [2.05, 4.69) is 15.4 Å². The van der Waals surface area contributed by atoms with Crippen molar-refractivity contribution in [2.75, 3.05) is 6.54 Å². The summed E-state index contributed by atoms with van der Waals surface area (Å²) < 4.78 is 1.59. The lowest BCUT2D eigenvalue weighted by atomic mass is 10.2. The fraction of sp³-hybridized carbons (Fsp3) is 0.308. The molecule has 0 saturated carbocycles. The second kappa shape index (κ2) is 5.44. The molecular formula is C13H16N4O. The summed E-state index contributed by atoms with van der Waals surface area (Å²) in [5, 5.41) is 7.02. The summed E-state index contributed by atoms with van der Waals surface area (Å²) in [5.74, 6) is -0.0954. The first kappa shape index (κ1) is 12.3. The predicted molar refractivity (Wildman–Crippen MR) is 68.2 cm³/mol. The number of pyridine rings is 1. The molecule has 0 aliphatic heterocycles. The highest BCUT2D eigenvalue weighted by molar-refractivity contribution is 5.92. The van der Waals surface area contributed by atoms with Gasteiger partial charge in [-0.1, -0.05) is 6.07 Å². The molecule has 2 rings (SSSR count). The Labute approximate surface area is 106 Å². The van der Waals surface area contributed by atoms with E-state index in [0.717, 1.165) is 17.7 Å². The maximum Gasteiger partial charge on any atom is 0.269 e. The highest BCUT2D eigenvalue weighted by Gasteiger charge is 2.10. The quantitative estimate of drug-likeness (QED) is 0.876. The van der Waals surface area contributed by atoms with Gasteiger partial charge >= 0.3 is 0 Å². The third kappa shape index (κ3) is 2.94. The van der Waals surface area contributed by atoms with Crippen molar-refractivity contribution < 1.29 is 4.79 Å². The van der Waals surface area contributed by atoms with Gasteiger partial charge in [0, 0.05) is 26.0 Å². The number of hydrogen-bond acceptors (Lipinski definition) is 3. The van der Waals surface area contributed by atoms with Crippen molar-refractivity contribution in [1.29, 1.82) is 0 Å². The molecule has 18 heavy (non-hydrogen) atoms. The van der Waals surface area contributed by atoms with Crippen LogP contribution in [0.1, 0.15) is 21.7 Å². The van der Waals surface area contributed by atoms with E-state index in [1.165, 1.54) is 0 Å². The second-order valence-electron chi connectivity index (χ2n) is 4.16. The largest absolute Gasteiger partial charge is 0.350 e. The molecule has 0 bridgehead atoms. The van der Waals surface area contributed by atoms with Crippen LogP contribution in [0.15, 0.2) is 30.6 Å². The Balaban J connectivity index is 1.87. The van der Waals surface area contributed by atoms with Crippen molar-refractivity contribution in [2.24, 2.45) is 7.05 Å². The van der Waals surface area contributed by atoms with Gasteiger partial charge < -0.3 is 5.32 Å². The molecule has 0 aliphatic rings. The molecule has 2 aromatic heterocycles. The summed E-state index contributed by atoms with van der Waals surface area (Å²) in [6.45, 7) is 2.46. The number of carbonyl (C=O) groups excluding carboxylic acids is 1. The zero-order valence-corrected chi connectivity index (χ0v) is 10.6. The minimum absolute atomic E-state index is 0.0954. The highest BCUT2D eigenvalue weighted by atomic mass is 16.2. The normalized spacial score (nSPS) is 10.3. The third-order valence-corrected chi connectivity index (χ3v) is 2.66. The minimum Gasteiger partial charge on any atom is -0.350 e. The molecule has 0 unspecified atom stereocenters. The van der Waals surface area contributed by atoms with Gasteiger partial charge in [0.1, 0.15) is 5.69 Å². The molecule has 1 N–H and O–H groups in total. The molecule has 0 aliphatic carbocycles. The first-order valence-corrected chi connectivity index (χ1v) is 5.84. The van der Waals surface area contributed by atoms with Crippen LogP contribution < -0.4 is 5.32 Å². The van der Waals surface area contributed by atoms with Crippen molar-refractivity contribution in [1.82, 2.24) is 20.1 Å². The fourth-order valence-electron chi connectivity index (χ4n) is 1.78. The molecule has 0 radical (unpaired) electrons. The lowest BCUT2D eigenvalue weighted by Crippen LogP contribution is -2.27. The maximum absolute atomic E-state index is 11.9. The van der Waals surface area contributed by atoms with Gasteiger partial charge in [0.05, 0.1) is 5.69 Å². The SMILES string of the molecule is Cc1cc(C(=O)NCCc2cccnc2)n(C)n1. The van der Waals surface area contributed by atoms with Gasteiger partial charge in [0.15, 0.2) is 0 Å². The number of carbonyl (C=O) groups is 1. The third-order valence-electron chi connectivity index (χ3n) is 2.66. The van der Waals surface area contributed by atoms with Gasteiger partial charge in [-0.3, -0.25) is 14.5 Å². The molecule has 0 spiro atoms. The summed E-state index contributed by atoms with van der Waals surface area (Å²) >= 11 is 0. The van der Waals surface area contributed by atoms with E-state index in [9.17, 15) is 4.79 Å². The molecule has 94 valence electrons. The van der Waals surface area contributed by atoms with Crippen LogP contribution in [0.5, 0.6) is 0 Å². The summed E-state index contributed by atoms with van der Waals surface area (Å²) in [6.07, 6.45) is 4.32. The number of nitrogens with one attached hydrogen (secondary N) is 1. The van der Waals surface area contributed by atoms with Crippen LogP contribution in [0.25, 0.3) is 0 Å². The van der Waals surface area contributed by atoms with E-state index in [-0.39, 0.29) is 5.91 Å². The Kier molecular flexibility index (Phi) is 3.72. The van der Waals surface area contributed by atoms with Crippen molar-refractivity contribution in [3.63, 3.8) is 0 Å². The molecule has 1 amide bonds. The number of aromatic nitrogens is 3. The molecule has 2 heterocycles. The summed E-state index contributed by atoms with van der Waals surface area (Å²) in [5.41, 5.74) is 2.53. The van der Waals surface area contributed by atoms with E-state index in [1.54, 1.807) is 30.2 Å². The monoisotopic (exact) mass is 244 g/mol. The average molecular weight is 244 g/mol. The van der Waals surface area contributed by atoms with Gasteiger partial charge in [-0.15, -0.1) is 0 Å². The Morgan fingerprint density at radius 3 is 2.94 bits per heavy atom. The first-order chi connectivity index (χ1) is 8.66. The first-order valence-electron chi connectivity index (χ1n) is 5.84. The number of rotatable bonds is 4. The van der Waals surface area contributed by atoms with Gasteiger partial charge in [0.25, 0.3) is 5.91 Å². The second-order valence-corrected chi connectivity index (χ2v) is 4.16. The van der Waals surface area contributed by atoms with Crippen LogP contribution in [0, 0.1) is 6.92 Å². The smallest absolute Gasteiger partial charge is 0.269 e. The highest BCUT2D eigenvalue weighted by Crippen LogP contribution is 2.01. The average Bonchev–Trinajstić information content (AvgIpc) is 2.70. The Hall–Kier alpha value is -2.17. The van der Waals surface area contributed by atoms with E-state index in [4.69, 9.17) is 0 Å². The van der Waals surface area contributed by atoms with Gasteiger partial charge in [0.2, 0.25) is 0 Å². The summed E-state index contributed by atoms with van der Waals surface area (Å²) in [4.78, 5) is 15.9. The zero-order valence-electron chi connectivity index (χ0n) is 10.6. The van der Waals surface area contributed by atoms with E-state index >= 15 is 0 Å². The molecule has 0 aromatic carbocycles. The van der Waals surface area contributed by atoms with Crippen LogP contribution in [0.3, 0.4) is 0 Å². The van der Waals surface area contributed by atoms with Gasteiger partial charge in [-0.25, -0.2) is 0 Å². The van der Waals surface area contributed by atoms with Crippen molar-refractivity contribution in [3.05, 3.63) is 47.5 Å². The zero-order chi connectivity index (χ0) is 13.0. The van der Waals surface area contributed by atoms with Crippen LogP contribution >= 0.6 is 0 Å². The van der Waals surface area contributed by atoms with Crippen molar-refractivity contribution in [3.8, 4) is 0 Å². The number of hydrogen-bond donors (Lipinski definition) is 1. The van der Waals surface area contributed by atoms with E-state index < -0.39 is 0 Å². The number of aryl methyl sites for hydroxylation is 2. The van der Waals surface area contributed by atoms with E-state index in [0.29, 0.717) is 12.2 Å². The van der Waals surface area contributed by atoms with Crippen LogP contribution in [0.4, 0.5) is 0 Å². The maximum atomic E-state index is 11.9. The molecule has 2 aromatic rings. The molecular weight excluding hydrogens is 228 g/mol. The molecule has 5 heteroatoms. The predicted octanol–water partition coefficient (Wildman–Crippen LogP) is 1.10. The standard InChI is InChI=1S/C13H16N4O/c1-10-8-12(17(2)16-10)13(18)15-7-5-11-4-3-6-14-9-11/h3-4,6,8-9H,5,7H2,1-2H3,(H,15,18). The van der Waals surface area contributed by atoms with Crippen molar-refractivity contribution in [2.45, 2.75) is 13.3 Å². The molecule has 0 fully saturated rings. The minimum atomic E-state index is -0.0954. The lowest BCUT2D eigenvalue weighted by Gasteiger charge is -2.05. The number of amides is 1. The van der Waals surface area contributed by atoms with Crippen LogP contribution in [-0.2, 0) is 13.5 Å². The Morgan fingerprint density at radius 2 is 2.33 bits per heavy atom. The van der Waals surface area contributed by atoms with Crippen LogP contribution in [-0.4, -0.2) is 27.2 Å². The Morgan fingerprint density at radius 1 is 1.50 bits per heavy atom. The van der Waals surface area contributed by atoms with Crippen molar-refractivity contribution >= 4 is 5.91 Å². The number of nitrogens with zero attached hydrogens (tertiary/aromatic N) is 3. The molecule has 0 atom stereocenters. The topological polar surface area (TPSA) is 59.8 Å². The molecule has 0 saturated heterocycles.